The van der Waals surface area contributed by atoms with Gasteiger partial charge in [-0.05, 0) is 37.5 Å². The van der Waals surface area contributed by atoms with E-state index in [0.717, 1.165) is 41.1 Å². The largest absolute Gasteiger partial charge is 0.391 e. The monoisotopic (exact) mass is 310 g/mol. The molecule has 3 nitrogen and oxygen atoms in total. The molecule has 0 aromatic carbocycles. The number of anilines is 1. The molecule has 120 valence electrons. The molecule has 2 atom stereocenters. The van der Waals surface area contributed by atoms with Crippen molar-refractivity contribution in [1.82, 2.24) is 4.98 Å². The van der Waals surface area contributed by atoms with Gasteiger partial charge in [0.1, 0.15) is 0 Å². The fourth-order valence-electron chi connectivity index (χ4n) is 3.23. The molecule has 0 radical (unpaired) electrons. The van der Waals surface area contributed by atoms with E-state index in [-0.39, 0.29) is 6.61 Å². The minimum absolute atomic E-state index is 0.129. The maximum Gasteiger partial charge on any atom is 0.185 e. The lowest BCUT2D eigenvalue weighted by Crippen LogP contribution is -2.24. The first-order chi connectivity index (χ1) is 10.2. The third kappa shape index (κ3) is 4.19. The van der Waals surface area contributed by atoms with E-state index in [4.69, 9.17) is 4.98 Å². The third-order valence-electron chi connectivity index (χ3n) is 4.75. The molecule has 1 fully saturated rings. The fourth-order valence-corrected chi connectivity index (χ4v) is 4.32. The zero-order chi connectivity index (χ0) is 15.2. The van der Waals surface area contributed by atoms with Crippen molar-refractivity contribution >= 4 is 16.5 Å². The summed E-state index contributed by atoms with van der Waals surface area (Å²) in [6, 6.07) is 0. The molecule has 1 N–H and O–H groups in total. The Morgan fingerprint density at radius 3 is 2.81 bits per heavy atom. The number of nitrogens with zero attached hydrogens (tertiary/aromatic N) is 2. The first-order valence-corrected chi connectivity index (χ1v) is 9.36. The van der Waals surface area contributed by atoms with Gasteiger partial charge >= 0.3 is 0 Å². The predicted octanol–water partition coefficient (Wildman–Crippen LogP) is 4.56. The van der Waals surface area contributed by atoms with E-state index in [9.17, 15) is 5.11 Å². The van der Waals surface area contributed by atoms with Crippen molar-refractivity contribution in [3.63, 3.8) is 0 Å². The van der Waals surface area contributed by atoms with E-state index in [2.05, 4.69) is 25.7 Å². The molecular formula is C17H30N2OS. The molecular weight excluding hydrogens is 280 g/mol. The number of rotatable bonds is 6. The fraction of sp³-hybridized carbons (Fsp3) is 0.824. The second-order valence-electron chi connectivity index (χ2n) is 6.34. The lowest BCUT2D eigenvalue weighted by atomic mass is 9.96. The van der Waals surface area contributed by atoms with E-state index in [1.807, 2.05) is 0 Å². The van der Waals surface area contributed by atoms with Crippen molar-refractivity contribution in [2.75, 3.05) is 18.0 Å². The highest BCUT2D eigenvalue weighted by molar-refractivity contribution is 7.15. The van der Waals surface area contributed by atoms with Crippen LogP contribution in [0.4, 0.5) is 5.13 Å². The van der Waals surface area contributed by atoms with Crippen LogP contribution in [0, 0.1) is 5.92 Å². The molecule has 1 aromatic heterocycles. The van der Waals surface area contributed by atoms with Crippen LogP contribution in [0.15, 0.2) is 0 Å². The van der Waals surface area contributed by atoms with E-state index in [0.29, 0.717) is 5.92 Å². The van der Waals surface area contributed by atoms with Gasteiger partial charge in [-0.2, -0.15) is 0 Å². The summed E-state index contributed by atoms with van der Waals surface area (Å²) in [7, 11) is 0. The molecule has 0 saturated carbocycles. The lowest BCUT2D eigenvalue weighted by molar-refractivity contribution is 0.283. The normalized spacial score (nSPS) is 21.3. The van der Waals surface area contributed by atoms with Crippen molar-refractivity contribution in [2.45, 2.75) is 71.8 Å². The minimum Gasteiger partial charge on any atom is -0.391 e. The van der Waals surface area contributed by atoms with Crippen LogP contribution in [-0.4, -0.2) is 23.2 Å². The highest BCUT2D eigenvalue weighted by Crippen LogP contribution is 2.34. The van der Waals surface area contributed by atoms with Gasteiger partial charge in [0.25, 0.3) is 0 Å². The first kappa shape index (κ1) is 16.8. The number of aromatic nitrogens is 1. The van der Waals surface area contributed by atoms with Gasteiger partial charge < -0.3 is 10.0 Å². The maximum atomic E-state index is 9.59. The zero-order valence-electron chi connectivity index (χ0n) is 13.8. The third-order valence-corrected chi connectivity index (χ3v) is 5.87. The van der Waals surface area contributed by atoms with Gasteiger partial charge in [0.05, 0.1) is 17.2 Å². The smallest absolute Gasteiger partial charge is 0.185 e. The lowest BCUT2D eigenvalue weighted by Gasteiger charge is -2.19. The van der Waals surface area contributed by atoms with Crippen molar-refractivity contribution in [2.24, 2.45) is 5.92 Å². The Labute approximate surface area is 133 Å². The number of aliphatic hydroxyl groups is 1. The summed E-state index contributed by atoms with van der Waals surface area (Å²) >= 11 is 1.70. The van der Waals surface area contributed by atoms with Crippen LogP contribution in [0.25, 0.3) is 0 Å². The van der Waals surface area contributed by atoms with Crippen molar-refractivity contribution < 1.29 is 5.11 Å². The quantitative estimate of drug-likeness (QED) is 0.837. The summed E-state index contributed by atoms with van der Waals surface area (Å²) < 4.78 is 0. The summed E-state index contributed by atoms with van der Waals surface area (Å²) in [4.78, 5) is 8.39. The summed E-state index contributed by atoms with van der Waals surface area (Å²) in [5.74, 6) is 1.34. The van der Waals surface area contributed by atoms with Crippen LogP contribution < -0.4 is 4.90 Å². The minimum atomic E-state index is 0.129. The van der Waals surface area contributed by atoms with Crippen LogP contribution in [-0.2, 0) is 6.61 Å². The van der Waals surface area contributed by atoms with E-state index < -0.39 is 0 Å². The molecule has 0 amide bonds. The van der Waals surface area contributed by atoms with E-state index >= 15 is 0 Å². The predicted molar refractivity (Wildman–Crippen MR) is 91.2 cm³/mol. The molecule has 1 aromatic rings. The topological polar surface area (TPSA) is 36.4 Å². The Morgan fingerprint density at radius 1 is 1.33 bits per heavy atom. The van der Waals surface area contributed by atoms with Gasteiger partial charge in [-0.15, -0.1) is 0 Å². The van der Waals surface area contributed by atoms with Gasteiger partial charge in [-0.25, -0.2) is 4.98 Å². The molecule has 1 saturated heterocycles. The number of hydrogen-bond donors (Lipinski definition) is 1. The number of aliphatic hydroxyl groups excluding tert-OH is 1. The molecule has 2 heterocycles. The Hall–Kier alpha value is -0.610. The standard InChI is InChI=1S/C17H30N2OS/c1-4-7-14-8-6-10-19(11-9-14)17-18-16(13(3)5-2)15(12-20)21-17/h13-14,20H,4-12H2,1-3H3. The molecule has 1 aliphatic heterocycles. The Bertz CT molecular complexity index is 432. The van der Waals surface area contributed by atoms with Gasteiger partial charge in [0, 0.05) is 13.1 Å². The van der Waals surface area contributed by atoms with Crippen LogP contribution in [0.3, 0.4) is 0 Å². The molecule has 1 aliphatic rings. The first-order valence-electron chi connectivity index (χ1n) is 8.54. The van der Waals surface area contributed by atoms with E-state index in [1.165, 1.54) is 32.1 Å². The second kappa shape index (κ2) is 8.14. The SMILES string of the molecule is CCCC1CCCN(c2nc(C(C)CC)c(CO)s2)CC1. The van der Waals surface area contributed by atoms with Crippen LogP contribution in [0.5, 0.6) is 0 Å². The van der Waals surface area contributed by atoms with Gasteiger partial charge in [0.2, 0.25) is 0 Å². The maximum absolute atomic E-state index is 9.59. The molecule has 0 bridgehead atoms. The summed E-state index contributed by atoms with van der Waals surface area (Å²) in [5.41, 5.74) is 1.12. The molecule has 21 heavy (non-hydrogen) atoms. The number of thiazole rings is 1. The average Bonchev–Trinajstić information content (AvgIpc) is 2.80. The van der Waals surface area contributed by atoms with Crippen LogP contribution >= 0.6 is 11.3 Å². The van der Waals surface area contributed by atoms with Crippen LogP contribution in [0.2, 0.25) is 0 Å². The second-order valence-corrected chi connectivity index (χ2v) is 7.41. The Balaban J connectivity index is 2.09. The van der Waals surface area contributed by atoms with Gasteiger partial charge in [-0.3, -0.25) is 0 Å². The highest BCUT2D eigenvalue weighted by atomic mass is 32.1. The average molecular weight is 311 g/mol. The number of hydrogen-bond acceptors (Lipinski definition) is 4. The van der Waals surface area contributed by atoms with Crippen LogP contribution in [0.1, 0.15) is 75.8 Å². The van der Waals surface area contributed by atoms with E-state index in [1.54, 1.807) is 11.3 Å². The molecule has 0 aliphatic carbocycles. The Morgan fingerprint density at radius 2 is 2.14 bits per heavy atom. The van der Waals surface area contributed by atoms with Crippen molar-refractivity contribution in [3.8, 4) is 0 Å². The Kier molecular flexibility index (Phi) is 6.49. The van der Waals surface area contributed by atoms with Crippen molar-refractivity contribution in [3.05, 3.63) is 10.6 Å². The molecule has 0 spiro atoms. The summed E-state index contributed by atoms with van der Waals surface area (Å²) in [5, 5.41) is 10.7. The molecule has 4 heteroatoms. The van der Waals surface area contributed by atoms with Crippen molar-refractivity contribution in [1.29, 1.82) is 0 Å². The van der Waals surface area contributed by atoms with Gasteiger partial charge in [-0.1, -0.05) is 44.9 Å². The summed E-state index contributed by atoms with van der Waals surface area (Å²) in [6.45, 7) is 9.06. The molecule has 2 unspecified atom stereocenters. The van der Waals surface area contributed by atoms with Gasteiger partial charge in [0.15, 0.2) is 5.13 Å². The highest BCUT2D eigenvalue weighted by Gasteiger charge is 2.22. The zero-order valence-corrected chi connectivity index (χ0v) is 14.6. The summed E-state index contributed by atoms with van der Waals surface area (Å²) in [6.07, 6.45) is 7.67. The molecule has 2 rings (SSSR count).